The Labute approximate surface area is 225 Å². The van der Waals surface area contributed by atoms with Gasteiger partial charge in [0.2, 0.25) is 6.54 Å². The summed E-state index contributed by atoms with van der Waals surface area (Å²) in [6, 6.07) is 0.676. The number of nitrogens with zero attached hydrogens (tertiary/aromatic N) is 3. The minimum absolute atomic E-state index is 0.0680. The molecule has 2 heterocycles. The summed E-state index contributed by atoms with van der Waals surface area (Å²) >= 11 is 0. The van der Waals surface area contributed by atoms with Crippen LogP contribution >= 0.6 is 8.30 Å². The van der Waals surface area contributed by atoms with Crippen molar-refractivity contribution in [2.75, 3.05) is 12.7 Å². The van der Waals surface area contributed by atoms with E-state index in [-0.39, 0.29) is 24.3 Å². The number of carbonyl (C=O) groups excluding carboxylic acids is 1. The highest BCUT2D eigenvalue weighted by Gasteiger charge is 2.42. The number of hydrogen-bond acceptors (Lipinski definition) is 5. The van der Waals surface area contributed by atoms with Crippen LogP contribution < -0.4 is 5.32 Å². The van der Waals surface area contributed by atoms with Crippen molar-refractivity contribution in [1.29, 1.82) is 0 Å². The zero-order chi connectivity index (χ0) is 27.4. The minimum Gasteiger partial charge on any atom is -0.352 e. The van der Waals surface area contributed by atoms with E-state index in [4.69, 9.17) is 22.3 Å². The molecule has 1 saturated heterocycles. The first-order valence-electron chi connectivity index (χ1n) is 13.4. The fourth-order valence-corrected chi connectivity index (χ4v) is 7.02. The van der Waals surface area contributed by atoms with Gasteiger partial charge in [-0.3, -0.25) is 9.46 Å². The highest BCUT2D eigenvalue weighted by molar-refractivity contribution is 7.50. The average Bonchev–Trinajstić information content (AvgIpc) is 3.24. The van der Waals surface area contributed by atoms with Crippen LogP contribution in [-0.2, 0) is 14.1 Å². The van der Waals surface area contributed by atoms with Gasteiger partial charge < -0.3 is 24.3 Å². The lowest BCUT2D eigenvalue weighted by molar-refractivity contribution is -0.118. The maximum Gasteiger partial charge on any atom is 0.266 e. The molecule has 8 heteroatoms. The van der Waals surface area contributed by atoms with Gasteiger partial charge in [-0.05, 0) is 47.0 Å². The van der Waals surface area contributed by atoms with Gasteiger partial charge in [0.1, 0.15) is 25.9 Å². The van der Waals surface area contributed by atoms with E-state index in [2.05, 4.69) is 73.8 Å². The number of hydrogen-bond donors (Lipinski definition) is 1. The van der Waals surface area contributed by atoms with Gasteiger partial charge >= 0.3 is 0 Å². The molecule has 0 aromatic rings. The SMILES string of the molecule is [C-]#[N+]CCCP(OC1C[C@H](N2C=C(C#CCCCCC#C)C(=O)NC2=C)O[C@@H]1CC)N(C(C)C)C(C)C. The van der Waals surface area contributed by atoms with Crippen LogP contribution in [-0.4, -0.2) is 58.7 Å². The summed E-state index contributed by atoms with van der Waals surface area (Å²) in [5, 5.41) is 2.83. The second kappa shape index (κ2) is 15.8. The lowest BCUT2D eigenvalue weighted by atomic mass is 10.1. The second-order valence-electron chi connectivity index (χ2n) is 9.86. The Balaban J connectivity index is 2.17. The molecule has 0 bridgehead atoms. The van der Waals surface area contributed by atoms with Crippen LogP contribution in [0, 0.1) is 30.8 Å². The third-order valence-corrected chi connectivity index (χ3v) is 8.92. The van der Waals surface area contributed by atoms with Crippen LogP contribution in [0.15, 0.2) is 24.2 Å². The summed E-state index contributed by atoms with van der Waals surface area (Å²) in [7, 11) is -0.887. The molecule has 2 unspecified atom stereocenters. The molecule has 1 fully saturated rings. The van der Waals surface area contributed by atoms with Gasteiger partial charge in [-0.1, -0.05) is 25.3 Å². The van der Waals surface area contributed by atoms with E-state index in [1.165, 1.54) is 0 Å². The Bertz CT molecular complexity index is 945. The predicted molar refractivity (Wildman–Crippen MR) is 151 cm³/mol. The summed E-state index contributed by atoms with van der Waals surface area (Å²) in [5.74, 6) is 8.97. The van der Waals surface area contributed by atoms with E-state index in [0.717, 1.165) is 38.3 Å². The van der Waals surface area contributed by atoms with Crippen molar-refractivity contribution in [2.45, 2.75) is 110 Å². The van der Waals surface area contributed by atoms with Crippen molar-refractivity contribution in [3.8, 4) is 24.2 Å². The number of unbranched alkanes of at least 4 members (excludes halogenated alkanes) is 3. The Morgan fingerprint density at radius 3 is 2.65 bits per heavy atom. The van der Waals surface area contributed by atoms with E-state index in [0.29, 0.717) is 42.9 Å². The summed E-state index contributed by atoms with van der Waals surface area (Å²) < 4.78 is 15.7. The van der Waals surface area contributed by atoms with Gasteiger partial charge in [-0.15, -0.1) is 12.3 Å². The lowest BCUT2D eigenvalue weighted by Gasteiger charge is -2.38. The monoisotopic (exact) mass is 526 g/mol. The standard InChI is InChI=1S/C29H43N4O3P/c1-9-11-12-13-14-15-17-25-21-32(24(7)31-29(25)34)28-20-27(26(10-2)35-28)36-37(19-16-18-30-8)33(22(3)4)23(5)6/h1,21-23,26-28H,7,10-14,16,18-20H2,2-6H3,(H,31,34)/t26-,27?,28-,37?/m1/s1. The topological polar surface area (TPSA) is 58.4 Å². The van der Waals surface area contributed by atoms with Crippen LogP contribution in [0.25, 0.3) is 4.85 Å². The van der Waals surface area contributed by atoms with Gasteiger partial charge in [0.25, 0.3) is 5.91 Å². The molecular weight excluding hydrogens is 483 g/mol. The first-order chi connectivity index (χ1) is 17.7. The van der Waals surface area contributed by atoms with Crippen LogP contribution in [0.5, 0.6) is 0 Å². The molecule has 4 atom stereocenters. The first-order valence-corrected chi connectivity index (χ1v) is 14.8. The van der Waals surface area contributed by atoms with Gasteiger partial charge in [0.15, 0.2) is 0 Å². The molecular formula is C29H43N4O3P. The van der Waals surface area contributed by atoms with Crippen molar-refractivity contribution >= 4 is 14.2 Å². The molecule has 0 spiro atoms. The number of amides is 1. The molecule has 0 aliphatic carbocycles. The van der Waals surface area contributed by atoms with Crippen molar-refractivity contribution in [2.24, 2.45) is 0 Å². The van der Waals surface area contributed by atoms with E-state index in [1.54, 1.807) is 6.20 Å². The molecule has 2 aliphatic rings. The predicted octanol–water partition coefficient (Wildman–Crippen LogP) is 5.62. The molecule has 0 aromatic heterocycles. The lowest BCUT2D eigenvalue weighted by Crippen LogP contribution is -2.42. The summed E-state index contributed by atoms with van der Waals surface area (Å²) in [5.41, 5.74) is 0.401. The Kier molecular flexibility index (Phi) is 13.2. The number of nitrogens with one attached hydrogen (secondary N) is 1. The second-order valence-corrected chi connectivity index (χ2v) is 11.7. The normalized spacial score (nSPS) is 22.4. The zero-order valence-corrected chi connectivity index (χ0v) is 24.0. The van der Waals surface area contributed by atoms with Crippen LogP contribution in [0.4, 0.5) is 0 Å². The van der Waals surface area contributed by atoms with Gasteiger partial charge in [0, 0.05) is 50.1 Å². The van der Waals surface area contributed by atoms with E-state index in [9.17, 15) is 4.79 Å². The zero-order valence-electron chi connectivity index (χ0n) is 23.1. The maximum absolute atomic E-state index is 12.5. The van der Waals surface area contributed by atoms with E-state index in [1.807, 2.05) is 4.90 Å². The molecule has 0 aromatic carbocycles. The molecule has 1 amide bonds. The van der Waals surface area contributed by atoms with Gasteiger partial charge in [-0.25, -0.2) is 6.57 Å². The van der Waals surface area contributed by atoms with Gasteiger partial charge in [-0.2, -0.15) is 0 Å². The molecule has 2 aliphatic heterocycles. The highest BCUT2D eigenvalue weighted by atomic mass is 31.2. The molecule has 1 N–H and O–H groups in total. The molecule has 0 radical (unpaired) electrons. The minimum atomic E-state index is -0.887. The van der Waals surface area contributed by atoms with Crippen LogP contribution in [0.3, 0.4) is 0 Å². The van der Waals surface area contributed by atoms with Gasteiger partial charge in [0.05, 0.1) is 12.2 Å². The summed E-state index contributed by atoms with van der Waals surface area (Å²) in [6.07, 6.45) is 13.0. The van der Waals surface area contributed by atoms with E-state index >= 15 is 0 Å². The van der Waals surface area contributed by atoms with Crippen molar-refractivity contribution in [3.63, 3.8) is 0 Å². The number of carbonyl (C=O) groups is 1. The van der Waals surface area contributed by atoms with Crippen molar-refractivity contribution in [1.82, 2.24) is 14.9 Å². The fraction of sp³-hybridized carbons (Fsp3) is 0.655. The number of ether oxygens (including phenoxy) is 1. The third kappa shape index (κ3) is 9.17. The van der Waals surface area contributed by atoms with E-state index < -0.39 is 8.30 Å². The smallest absolute Gasteiger partial charge is 0.266 e. The highest BCUT2D eigenvalue weighted by Crippen LogP contribution is 2.49. The molecule has 37 heavy (non-hydrogen) atoms. The van der Waals surface area contributed by atoms with Crippen molar-refractivity contribution in [3.05, 3.63) is 35.6 Å². The summed E-state index contributed by atoms with van der Waals surface area (Å²) in [6.45, 7) is 22.6. The number of rotatable bonds is 13. The molecule has 202 valence electrons. The first kappa shape index (κ1) is 30.9. The maximum atomic E-state index is 12.5. The van der Waals surface area contributed by atoms with Crippen LogP contribution in [0.2, 0.25) is 0 Å². The molecule has 0 saturated carbocycles. The Hall–Kier alpha value is -2.33. The number of terminal acetylenes is 1. The Morgan fingerprint density at radius 2 is 2.03 bits per heavy atom. The molecule has 2 rings (SSSR count). The largest absolute Gasteiger partial charge is 0.352 e. The van der Waals surface area contributed by atoms with Crippen molar-refractivity contribution < 1.29 is 14.1 Å². The van der Waals surface area contributed by atoms with Crippen LogP contribution in [0.1, 0.15) is 79.6 Å². The fourth-order valence-electron chi connectivity index (χ4n) is 4.60. The Morgan fingerprint density at radius 1 is 1.32 bits per heavy atom. The summed E-state index contributed by atoms with van der Waals surface area (Å²) in [4.78, 5) is 17.9. The average molecular weight is 527 g/mol. The molecule has 7 nitrogen and oxygen atoms in total. The quantitative estimate of drug-likeness (QED) is 0.146. The third-order valence-electron chi connectivity index (χ3n) is 6.26.